The van der Waals surface area contributed by atoms with Crippen LogP contribution in [0.25, 0.3) is 0 Å². The van der Waals surface area contributed by atoms with E-state index in [4.69, 9.17) is 28.9 Å². The van der Waals surface area contributed by atoms with Crippen LogP contribution in [-0.2, 0) is 0 Å². The van der Waals surface area contributed by atoms with Gasteiger partial charge in [-0.3, -0.25) is 9.59 Å². The number of amides is 2. The van der Waals surface area contributed by atoms with Crippen molar-refractivity contribution in [3.63, 3.8) is 0 Å². The Labute approximate surface area is 124 Å². The first kappa shape index (κ1) is 14.3. The van der Waals surface area contributed by atoms with Gasteiger partial charge < -0.3 is 11.1 Å². The van der Waals surface area contributed by atoms with Crippen molar-refractivity contribution in [1.82, 2.24) is 4.98 Å². The highest BCUT2D eigenvalue weighted by molar-refractivity contribution is 6.33. The SMILES string of the molecule is NC(=O)c1ccc(NC(=O)c2cc(Cl)nc(Cl)c2)cc1. The Morgan fingerprint density at radius 2 is 1.55 bits per heavy atom. The van der Waals surface area contributed by atoms with E-state index in [0.29, 0.717) is 11.3 Å². The molecule has 3 N–H and O–H groups in total. The lowest BCUT2D eigenvalue weighted by Gasteiger charge is -2.06. The number of benzene rings is 1. The Hall–Kier alpha value is -2.11. The topological polar surface area (TPSA) is 85.1 Å². The second kappa shape index (κ2) is 5.90. The van der Waals surface area contributed by atoms with Gasteiger partial charge in [-0.25, -0.2) is 4.98 Å². The average molecular weight is 310 g/mol. The maximum atomic E-state index is 12.0. The summed E-state index contributed by atoms with van der Waals surface area (Å²) in [6.07, 6.45) is 0. The standard InChI is InChI=1S/C13H9Cl2N3O2/c14-10-5-8(6-11(15)18-10)13(20)17-9-3-1-7(2-4-9)12(16)19/h1-6H,(H2,16,19)(H,17,20). The van der Waals surface area contributed by atoms with Crippen LogP contribution in [0, 0.1) is 0 Å². The van der Waals surface area contributed by atoms with Crippen LogP contribution in [0.15, 0.2) is 36.4 Å². The molecule has 1 aromatic carbocycles. The number of primary amides is 1. The highest BCUT2D eigenvalue weighted by Gasteiger charge is 2.09. The van der Waals surface area contributed by atoms with E-state index in [9.17, 15) is 9.59 Å². The molecule has 102 valence electrons. The smallest absolute Gasteiger partial charge is 0.255 e. The number of nitrogens with one attached hydrogen (secondary N) is 1. The fraction of sp³-hybridized carbons (Fsp3) is 0. The second-order valence-electron chi connectivity index (χ2n) is 3.90. The average Bonchev–Trinajstić information content (AvgIpc) is 2.38. The third-order valence-corrected chi connectivity index (χ3v) is 2.84. The minimum absolute atomic E-state index is 0.131. The molecule has 0 atom stereocenters. The van der Waals surface area contributed by atoms with Gasteiger partial charge in [0.05, 0.1) is 0 Å². The van der Waals surface area contributed by atoms with Gasteiger partial charge in [0, 0.05) is 16.8 Å². The lowest BCUT2D eigenvalue weighted by molar-refractivity contribution is 0.0998. The number of halogens is 2. The predicted octanol–water partition coefficient (Wildman–Crippen LogP) is 2.74. The summed E-state index contributed by atoms with van der Waals surface area (Å²) >= 11 is 11.5. The van der Waals surface area contributed by atoms with Gasteiger partial charge in [-0.2, -0.15) is 0 Å². The molecule has 2 rings (SSSR count). The molecule has 0 spiro atoms. The van der Waals surface area contributed by atoms with Gasteiger partial charge in [0.1, 0.15) is 10.3 Å². The van der Waals surface area contributed by atoms with Crippen molar-refractivity contribution in [3.05, 3.63) is 57.8 Å². The van der Waals surface area contributed by atoms with Crippen LogP contribution in [0.2, 0.25) is 10.3 Å². The van der Waals surface area contributed by atoms with Crippen LogP contribution >= 0.6 is 23.2 Å². The zero-order valence-corrected chi connectivity index (χ0v) is 11.6. The van der Waals surface area contributed by atoms with Crippen molar-refractivity contribution >= 4 is 40.7 Å². The van der Waals surface area contributed by atoms with Crippen molar-refractivity contribution in [2.24, 2.45) is 5.73 Å². The van der Waals surface area contributed by atoms with Crippen LogP contribution in [0.5, 0.6) is 0 Å². The molecule has 0 fully saturated rings. The van der Waals surface area contributed by atoms with E-state index in [2.05, 4.69) is 10.3 Å². The van der Waals surface area contributed by atoms with Crippen LogP contribution in [0.3, 0.4) is 0 Å². The van der Waals surface area contributed by atoms with Gasteiger partial charge >= 0.3 is 0 Å². The van der Waals surface area contributed by atoms with Crippen LogP contribution in [-0.4, -0.2) is 16.8 Å². The summed E-state index contributed by atoms with van der Waals surface area (Å²) in [6, 6.07) is 8.99. The van der Waals surface area contributed by atoms with Gasteiger partial charge in [0.25, 0.3) is 5.91 Å². The van der Waals surface area contributed by atoms with Crippen molar-refractivity contribution in [1.29, 1.82) is 0 Å². The summed E-state index contributed by atoms with van der Waals surface area (Å²) in [6.45, 7) is 0. The number of aromatic nitrogens is 1. The van der Waals surface area contributed by atoms with E-state index in [1.807, 2.05) is 0 Å². The molecule has 0 aliphatic rings. The van der Waals surface area contributed by atoms with Gasteiger partial charge in [-0.05, 0) is 36.4 Å². The Morgan fingerprint density at radius 3 is 2.05 bits per heavy atom. The third kappa shape index (κ3) is 3.46. The number of hydrogen-bond donors (Lipinski definition) is 2. The van der Waals surface area contributed by atoms with E-state index < -0.39 is 5.91 Å². The monoisotopic (exact) mass is 309 g/mol. The molecular weight excluding hydrogens is 301 g/mol. The third-order valence-electron chi connectivity index (χ3n) is 2.45. The summed E-state index contributed by atoms with van der Waals surface area (Å²) in [7, 11) is 0. The van der Waals surface area contributed by atoms with Crippen LogP contribution in [0.4, 0.5) is 5.69 Å². The Balaban J connectivity index is 2.16. The largest absolute Gasteiger partial charge is 0.366 e. The number of hydrogen-bond acceptors (Lipinski definition) is 3. The van der Waals surface area contributed by atoms with Gasteiger partial charge in [-0.1, -0.05) is 23.2 Å². The molecular formula is C13H9Cl2N3O2. The normalized spacial score (nSPS) is 10.1. The molecule has 2 amide bonds. The van der Waals surface area contributed by atoms with E-state index in [0.717, 1.165) is 0 Å². The predicted molar refractivity (Wildman–Crippen MR) is 77.2 cm³/mol. The van der Waals surface area contributed by atoms with E-state index in [1.165, 1.54) is 24.3 Å². The minimum atomic E-state index is -0.532. The second-order valence-corrected chi connectivity index (χ2v) is 4.67. The first-order chi connectivity index (χ1) is 9.45. The number of anilines is 1. The number of pyridine rings is 1. The molecule has 1 heterocycles. The summed E-state index contributed by atoms with van der Waals surface area (Å²) in [5, 5.41) is 2.91. The summed E-state index contributed by atoms with van der Waals surface area (Å²) < 4.78 is 0. The van der Waals surface area contributed by atoms with E-state index in [1.54, 1.807) is 12.1 Å². The number of rotatable bonds is 3. The first-order valence-corrected chi connectivity index (χ1v) is 6.25. The zero-order chi connectivity index (χ0) is 14.7. The fourth-order valence-electron chi connectivity index (χ4n) is 1.52. The van der Waals surface area contributed by atoms with E-state index >= 15 is 0 Å². The molecule has 0 aliphatic carbocycles. The zero-order valence-electron chi connectivity index (χ0n) is 10.1. The summed E-state index contributed by atoms with van der Waals surface area (Å²) in [5.41, 5.74) is 6.29. The molecule has 2 aromatic rings. The van der Waals surface area contributed by atoms with E-state index in [-0.39, 0.29) is 21.8 Å². The molecule has 7 heteroatoms. The molecule has 0 saturated carbocycles. The number of carbonyl (C=O) groups excluding carboxylic acids is 2. The molecule has 20 heavy (non-hydrogen) atoms. The molecule has 0 saturated heterocycles. The number of nitrogens with two attached hydrogens (primary N) is 1. The van der Waals surface area contributed by atoms with Crippen LogP contribution < -0.4 is 11.1 Å². The fourth-order valence-corrected chi connectivity index (χ4v) is 1.98. The van der Waals surface area contributed by atoms with Crippen molar-refractivity contribution in [2.75, 3.05) is 5.32 Å². The Kier molecular flexibility index (Phi) is 4.22. The quantitative estimate of drug-likeness (QED) is 0.855. The lowest BCUT2D eigenvalue weighted by atomic mass is 10.2. The van der Waals surface area contributed by atoms with Crippen molar-refractivity contribution < 1.29 is 9.59 Å². The van der Waals surface area contributed by atoms with Gasteiger partial charge in [0.2, 0.25) is 5.91 Å². The Bertz CT molecular complexity index is 652. The first-order valence-electron chi connectivity index (χ1n) is 5.50. The number of nitrogens with zero attached hydrogens (tertiary/aromatic N) is 1. The van der Waals surface area contributed by atoms with Crippen molar-refractivity contribution in [3.8, 4) is 0 Å². The Morgan fingerprint density at radius 1 is 1.00 bits per heavy atom. The molecule has 0 radical (unpaired) electrons. The maximum Gasteiger partial charge on any atom is 0.255 e. The molecule has 0 bridgehead atoms. The lowest BCUT2D eigenvalue weighted by Crippen LogP contribution is -2.13. The highest BCUT2D eigenvalue weighted by Crippen LogP contribution is 2.16. The minimum Gasteiger partial charge on any atom is -0.366 e. The summed E-state index contributed by atoms with van der Waals surface area (Å²) in [5.74, 6) is -0.918. The highest BCUT2D eigenvalue weighted by atomic mass is 35.5. The molecule has 5 nitrogen and oxygen atoms in total. The van der Waals surface area contributed by atoms with Gasteiger partial charge in [0.15, 0.2) is 0 Å². The van der Waals surface area contributed by atoms with Crippen LogP contribution in [0.1, 0.15) is 20.7 Å². The number of carbonyl (C=O) groups is 2. The van der Waals surface area contributed by atoms with Crippen molar-refractivity contribution in [2.45, 2.75) is 0 Å². The van der Waals surface area contributed by atoms with Gasteiger partial charge in [-0.15, -0.1) is 0 Å². The summed E-state index contributed by atoms with van der Waals surface area (Å²) in [4.78, 5) is 26.7. The maximum absolute atomic E-state index is 12.0. The molecule has 0 aliphatic heterocycles. The molecule has 1 aromatic heterocycles. The molecule has 0 unspecified atom stereocenters.